The number of anilines is 1. The summed E-state index contributed by atoms with van der Waals surface area (Å²) in [5.74, 6) is 0. The monoisotopic (exact) mass is 288 g/mol. The topological polar surface area (TPSA) is 32.8 Å². The average Bonchev–Trinajstić information content (AvgIpc) is 2.91. The second kappa shape index (κ2) is 5.68. The number of carbonyl (C=O) groups excluding carboxylic acids is 1. The third-order valence-electron chi connectivity index (χ3n) is 4.85. The van der Waals surface area contributed by atoms with Crippen molar-refractivity contribution >= 4 is 11.8 Å². The lowest BCUT2D eigenvalue weighted by atomic mass is 9.82. The number of hydrogen-bond donors (Lipinski definition) is 0. The minimum Gasteiger partial charge on any atom is -0.449 e. The first-order chi connectivity index (χ1) is 10.1. The Balaban J connectivity index is 1.76. The molecule has 4 nitrogen and oxygen atoms in total. The zero-order valence-corrected chi connectivity index (χ0v) is 13.0. The van der Waals surface area contributed by atoms with E-state index >= 15 is 0 Å². The molecule has 2 fully saturated rings. The van der Waals surface area contributed by atoms with Crippen molar-refractivity contribution in [3.63, 3.8) is 0 Å². The molecule has 0 N–H and O–H groups in total. The van der Waals surface area contributed by atoms with Crippen molar-refractivity contribution in [2.24, 2.45) is 0 Å². The lowest BCUT2D eigenvalue weighted by molar-refractivity contribution is 0.140. The molecule has 1 amide bonds. The van der Waals surface area contributed by atoms with Gasteiger partial charge < -0.3 is 9.64 Å². The lowest BCUT2D eigenvalue weighted by Gasteiger charge is -2.28. The van der Waals surface area contributed by atoms with E-state index in [2.05, 4.69) is 43.0 Å². The van der Waals surface area contributed by atoms with Gasteiger partial charge in [0.2, 0.25) is 0 Å². The van der Waals surface area contributed by atoms with Crippen LogP contribution in [-0.2, 0) is 10.2 Å². The predicted molar refractivity (Wildman–Crippen MR) is 83.8 cm³/mol. The van der Waals surface area contributed by atoms with Gasteiger partial charge in [-0.15, -0.1) is 0 Å². The van der Waals surface area contributed by atoms with E-state index in [-0.39, 0.29) is 11.5 Å². The van der Waals surface area contributed by atoms with Gasteiger partial charge in [0, 0.05) is 24.2 Å². The predicted octanol–water partition coefficient (Wildman–Crippen LogP) is 3.02. The molecule has 0 radical (unpaired) electrons. The largest absolute Gasteiger partial charge is 0.449 e. The quantitative estimate of drug-likeness (QED) is 0.857. The Labute approximate surface area is 126 Å². The van der Waals surface area contributed by atoms with Crippen molar-refractivity contribution in [1.82, 2.24) is 4.90 Å². The molecule has 2 aliphatic heterocycles. The highest BCUT2D eigenvalue weighted by Crippen LogP contribution is 2.35. The summed E-state index contributed by atoms with van der Waals surface area (Å²) in [7, 11) is 0. The molecule has 0 saturated carbocycles. The van der Waals surface area contributed by atoms with Gasteiger partial charge in [0.05, 0.1) is 6.61 Å². The molecular formula is C17H24N2O2. The van der Waals surface area contributed by atoms with Crippen LogP contribution in [0.2, 0.25) is 0 Å². The third kappa shape index (κ3) is 2.77. The van der Waals surface area contributed by atoms with Crippen molar-refractivity contribution in [3.8, 4) is 0 Å². The van der Waals surface area contributed by atoms with Crippen LogP contribution >= 0.6 is 0 Å². The molecule has 0 aromatic heterocycles. The van der Waals surface area contributed by atoms with Crippen molar-refractivity contribution in [2.75, 3.05) is 37.7 Å². The maximum atomic E-state index is 11.8. The molecule has 0 aliphatic carbocycles. The summed E-state index contributed by atoms with van der Waals surface area (Å²) in [5.41, 5.74) is 2.54. The van der Waals surface area contributed by atoms with Crippen molar-refractivity contribution in [2.45, 2.75) is 32.1 Å². The van der Waals surface area contributed by atoms with Gasteiger partial charge in [-0.2, -0.15) is 0 Å². The smallest absolute Gasteiger partial charge is 0.414 e. The van der Waals surface area contributed by atoms with E-state index < -0.39 is 0 Å². The van der Waals surface area contributed by atoms with E-state index in [1.807, 2.05) is 0 Å². The first-order valence-electron chi connectivity index (χ1n) is 7.89. The van der Waals surface area contributed by atoms with Gasteiger partial charge in [-0.25, -0.2) is 4.79 Å². The molecule has 1 aromatic rings. The number of hydrogen-bond acceptors (Lipinski definition) is 3. The van der Waals surface area contributed by atoms with E-state index in [4.69, 9.17) is 4.74 Å². The minimum atomic E-state index is -0.224. The zero-order valence-electron chi connectivity index (χ0n) is 13.0. The Morgan fingerprint density at radius 2 is 2.00 bits per heavy atom. The SMILES string of the molecule is CCN1CCC(C)(c2ccc(N3CCCOC3=O)cc2)C1. The molecular weight excluding hydrogens is 264 g/mol. The fourth-order valence-corrected chi connectivity index (χ4v) is 3.39. The second-order valence-electron chi connectivity index (χ2n) is 6.35. The highest BCUT2D eigenvalue weighted by Gasteiger charge is 2.34. The molecule has 21 heavy (non-hydrogen) atoms. The Morgan fingerprint density at radius 3 is 2.62 bits per heavy atom. The number of nitrogens with zero attached hydrogens (tertiary/aromatic N) is 2. The van der Waals surface area contributed by atoms with Crippen LogP contribution in [-0.4, -0.2) is 43.8 Å². The molecule has 4 heteroatoms. The molecule has 0 bridgehead atoms. The molecule has 1 atom stereocenters. The first kappa shape index (κ1) is 14.4. The summed E-state index contributed by atoms with van der Waals surface area (Å²) in [6.07, 6.45) is 1.88. The van der Waals surface area contributed by atoms with Gasteiger partial charge in [-0.1, -0.05) is 26.0 Å². The Bertz CT molecular complexity index is 514. The average molecular weight is 288 g/mol. The van der Waals surface area contributed by atoms with Crippen molar-refractivity contribution in [1.29, 1.82) is 0 Å². The van der Waals surface area contributed by atoms with Crippen LogP contribution in [0.25, 0.3) is 0 Å². The number of cyclic esters (lactones) is 1. The van der Waals surface area contributed by atoms with Gasteiger partial charge in [0.1, 0.15) is 0 Å². The Hall–Kier alpha value is -1.55. The molecule has 3 rings (SSSR count). The lowest BCUT2D eigenvalue weighted by Crippen LogP contribution is -2.37. The fourth-order valence-electron chi connectivity index (χ4n) is 3.39. The molecule has 2 aliphatic rings. The molecule has 2 heterocycles. The van der Waals surface area contributed by atoms with Gasteiger partial charge in [0.15, 0.2) is 0 Å². The number of ether oxygens (including phenoxy) is 1. The summed E-state index contributed by atoms with van der Waals surface area (Å²) in [5, 5.41) is 0. The second-order valence-corrected chi connectivity index (χ2v) is 6.35. The molecule has 1 aromatic carbocycles. The summed E-state index contributed by atoms with van der Waals surface area (Å²) in [6, 6.07) is 8.47. The van der Waals surface area contributed by atoms with E-state index in [1.54, 1.807) is 4.90 Å². The third-order valence-corrected chi connectivity index (χ3v) is 4.85. The van der Waals surface area contributed by atoms with E-state index in [9.17, 15) is 4.79 Å². The van der Waals surface area contributed by atoms with Crippen LogP contribution in [0.3, 0.4) is 0 Å². The van der Waals surface area contributed by atoms with Crippen molar-refractivity contribution in [3.05, 3.63) is 29.8 Å². The van der Waals surface area contributed by atoms with Crippen LogP contribution in [0.5, 0.6) is 0 Å². The molecule has 1 unspecified atom stereocenters. The Kier molecular flexibility index (Phi) is 3.89. The van der Waals surface area contributed by atoms with E-state index in [0.717, 1.165) is 31.7 Å². The summed E-state index contributed by atoms with van der Waals surface area (Å²) in [4.78, 5) is 16.0. The van der Waals surface area contributed by atoms with E-state index in [0.29, 0.717) is 6.61 Å². The van der Waals surface area contributed by atoms with Gasteiger partial charge in [0.25, 0.3) is 0 Å². The number of amides is 1. The highest BCUT2D eigenvalue weighted by molar-refractivity contribution is 5.88. The summed E-state index contributed by atoms with van der Waals surface area (Å²) >= 11 is 0. The number of likely N-dealkylation sites (N-methyl/N-ethyl adjacent to an activating group) is 1. The molecule has 2 saturated heterocycles. The normalized spacial score (nSPS) is 27.0. The maximum absolute atomic E-state index is 11.8. The van der Waals surface area contributed by atoms with Crippen LogP contribution < -0.4 is 4.90 Å². The van der Waals surface area contributed by atoms with Crippen LogP contribution in [0.1, 0.15) is 32.3 Å². The number of likely N-dealkylation sites (tertiary alicyclic amines) is 1. The first-order valence-corrected chi connectivity index (χ1v) is 7.89. The number of carbonyl (C=O) groups is 1. The van der Waals surface area contributed by atoms with Gasteiger partial charge in [-0.3, -0.25) is 4.90 Å². The highest BCUT2D eigenvalue weighted by atomic mass is 16.6. The van der Waals surface area contributed by atoms with Crippen LogP contribution in [0.15, 0.2) is 24.3 Å². The van der Waals surface area contributed by atoms with Gasteiger partial charge in [-0.05, 0) is 43.6 Å². The minimum absolute atomic E-state index is 0.224. The maximum Gasteiger partial charge on any atom is 0.414 e. The molecule has 0 spiro atoms. The standard InChI is InChI=1S/C17H24N2O2/c1-3-18-11-9-17(2,13-18)14-5-7-15(8-6-14)19-10-4-12-21-16(19)20/h5-8H,3-4,9-13H2,1-2H3. The zero-order chi connectivity index (χ0) is 14.9. The summed E-state index contributed by atoms with van der Waals surface area (Å²) < 4.78 is 5.10. The number of rotatable bonds is 3. The molecule has 114 valence electrons. The number of benzene rings is 1. The van der Waals surface area contributed by atoms with Crippen molar-refractivity contribution < 1.29 is 9.53 Å². The van der Waals surface area contributed by atoms with Gasteiger partial charge >= 0.3 is 6.09 Å². The Morgan fingerprint density at radius 1 is 1.24 bits per heavy atom. The van der Waals surface area contributed by atoms with E-state index in [1.165, 1.54) is 18.5 Å². The fraction of sp³-hybridized carbons (Fsp3) is 0.588. The van der Waals surface area contributed by atoms with Crippen LogP contribution in [0, 0.1) is 0 Å². The summed E-state index contributed by atoms with van der Waals surface area (Å²) in [6.45, 7) is 9.26. The van der Waals surface area contributed by atoms with Crippen LogP contribution in [0.4, 0.5) is 10.5 Å².